The normalized spacial score (nSPS) is 22.8. The molecule has 1 aliphatic heterocycles. The summed E-state index contributed by atoms with van der Waals surface area (Å²) in [6, 6.07) is 0. The summed E-state index contributed by atoms with van der Waals surface area (Å²) >= 11 is 0. The van der Waals surface area contributed by atoms with Crippen LogP contribution in [0.15, 0.2) is 4.99 Å². The summed E-state index contributed by atoms with van der Waals surface area (Å²) in [4.78, 5) is 42.0. The average molecular weight is 412 g/mol. The number of aldehydes is 1. The van der Waals surface area contributed by atoms with Gasteiger partial charge in [0.15, 0.2) is 0 Å². The van der Waals surface area contributed by atoms with Crippen LogP contribution in [0.4, 0.5) is 4.79 Å². The van der Waals surface area contributed by atoms with Crippen molar-refractivity contribution >= 4 is 24.2 Å². The van der Waals surface area contributed by atoms with E-state index >= 15 is 0 Å². The molecule has 1 aliphatic carbocycles. The van der Waals surface area contributed by atoms with Gasteiger partial charge in [-0.2, -0.15) is 0 Å². The lowest BCUT2D eigenvalue weighted by molar-refractivity contribution is -0.130. The van der Waals surface area contributed by atoms with Crippen molar-refractivity contribution in [2.24, 2.45) is 16.8 Å². The van der Waals surface area contributed by atoms with Crippen molar-refractivity contribution in [3.8, 4) is 0 Å². The maximum Gasteiger partial charge on any atom is 0.414 e. The molecule has 8 heteroatoms. The Hall–Kier alpha value is -1.96. The van der Waals surface area contributed by atoms with Gasteiger partial charge in [-0.1, -0.05) is 13.8 Å². The standard InChI is InChI=1S/C18H29N3O4.C3H8O/c1-6-18(7-2)9-14(23)21(10-12-8-13(12)11-22)15(20-18)19-16(24)25-17(3,4)5;1-3-4-2/h11-13H,6-10H2,1-5H3,(H,19,20,24);3H2,1-2H3/t12-,13?;/m1./s1. The van der Waals surface area contributed by atoms with Gasteiger partial charge in [-0.15, -0.1) is 0 Å². The van der Waals surface area contributed by atoms with Gasteiger partial charge in [0, 0.05) is 26.2 Å². The van der Waals surface area contributed by atoms with E-state index in [0.29, 0.717) is 25.8 Å². The van der Waals surface area contributed by atoms with Crippen molar-refractivity contribution in [1.29, 1.82) is 0 Å². The number of carbonyl (C=O) groups excluding carboxylic acids is 3. The molecule has 0 spiro atoms. The smallest absolute Gasteiger partial charge is 0.414 e. The fourth-order valence-electron chi connectivity index (χ4n) is 3.04. The highest BCUT2D eigenvalue weighted by molar-refractivity contribution is 6.05. The first-order valence-electron chi connectivity index (χ1n) is 10.4. The van der Waals surface area contributed by atoms with E-state index in [1.165, 1.54) is 4.90 Å². The number of guanidine groups is 1. The van der Waals surface area contributed by atoms with E-state index in [2.05, 4.69) is 10.1 Å². The van der Waals surface area contributed by atoms with E-state index in [0.717, 1.165) is 19.3 Å². The van der Waals surface area contributed by atoms with Crippen molar-refractivity contribution in [2.75, 3.05) is 20.3 Å². The number of carbonyl (C=O) groups is 3. The molecule has 0 bridgehead atoms. The van der Waals surface area contributed by atoms with E-state index in [4.69, 9.17) is 9.73 Å². The maximum absolute atomic E-state index is 12.7. The molecule has 1 unspecified atom stereocenters. The van der Waals surface area contributed by atoms with E-state index in [9.17, 15) is 14.4 Å². The van der Waals surface area contributed by atoms with Crippen LogP contribution in [0.5, 0.6) is 0 Å². The fraction of sp³-hybridized carbons (Fsp3) is 0.810. The van der Waals surface area contributed by atoms with Crippen LogP contribution in [0.2, 0.25) is 0 Å². The predicted octanol–water partition coefficient (Wildman–Crippen LogP) is 3.15. The Bertz CT molecular complexity index is 606. The summed E-state index contributed by atoms with van der Waals surface area (Å²) in [6.07, 6.45) is 2.82. The lowest BCUT2D eigenvalue weighted by atomic mass is 9.88. The summed E-state index contributed by atoms with van der Waals surface area (Å²) in [5.41, 5.74) is -1.13. The monoisotopic (exact) mass is 411 g/mol. The minimum atomic E-state index is -0.639. The van der Waals surface area contributed by atoms with Crippen molar-refractivity contribution in [3.63, 3.8) is 0 Å². The Morgan fingerprint density at radius 1 is 1.31 bits per heavy atom. The van der Waals surface area contributed by atoms with Gasteiger partial charge >= 0.3 is 6.09 Å². The highest BCUT2D eigenvalue weighted by Gasteiger charge is 2.44. The van der Waals surface area contributed by atoms with Gasteiger partial charge in [-0.05, 0) is 52.9 Å². The molecule has 1 saturated carbocycles. The Morgan fingerprint density at radius 3 is 2.31 bits per heavy atom. The topological polar surface area (TPSA) is 97.3 Å². The largest absolute Gasteiger partial charge is 0.444 e. The molecule has 0 aromatic rings. The van der Waals surface area contributed by atoms with Gasteiger partial charge in [0.25, 0.3) is 0 Å². The molecular weight excluding hydrogens is 374 g/mol. The van der Waals surface area contributed by atoms with Crippen LogP contribution in [-0.4, -0.2) is 60.5 Å². The SMILES string of the molecule is CCC1(CC)CC(=O)N(C[C@H]2CC2C=O)C(NC(=O)OC(C)(C)C)=N1.CCOC. The van der Waals surface area contributed by atoms with Crippen LogP contribution < -0.4 is 5.32 Å². The minimum absolute atomic E-state index is 0.000361. The number of hydrogen-bond donors (Lipinski definition) is 1. The molecule has 0 saturated heterocycles. The molecule has 2 aliphatic rings. The number of methoxy groups -OCH3 is 1. The lowest BCUT2D eigenvalue weighted by Crippen LogP contribution is -2.55. The van der Waals surface area contributed by atoms with E-state index in [1.54, 1.807) is 27.9 Å². The van der Waals surface area contributed by atoms with Crippen molar-refractivity contribution < 1.29 is 23.9 Å². The molecule has 29 heavy (non-hydrogen) atoms. The molecule has 0 aromatic carbocycles. The van der Waals surface area contributed by atoms with Crippen molar-refractivity contribution in [2.45, 2.75) is 78.4 Å². The molecule has 166 valence electrons. The number of amides is 2. The number of alkyl carbamates (subject to hydrolysis) is 1. The van der Waals surface area contributed by atoms with Crippen molar-refractivity contribution in [1.82, 2.24) is 10.2 Å². The number of nitrogens with zero attached hydrogens (tertiary/aromatic N) is 2. The first-order chi connectivity index (χ1) is 13.5. The van der Waals surface area contributed by atoms with Crippen LogP contribution in [0.3, 0.4) is 0 Å². The number of rotatable bonds is 6. The van der Waals surface area contributed by atoms with Crippen LogP contribution in [-0.2, 0) is 19.1 Å². The molecule has 0 aromatic heterocycles. The number of ether oxygens (including phenoxy) is 2. The highest BCUT2D eigenvalue weighted by atomic mass is 16.6. The zero-order valence-corrected chi connectivity index (χ0v) is 18.9. The zero-order chi connectivity index (χ0) is 22.2. The number of nitrogens with one attached hydrogen (secondary N) is 1. The molecule has 2 amide bonds. The minimum Gasteiger partial charge on any atom is -0.444 e. The Kier molecular flexibility index (Phi) is 9.26. The van der Waals surface area contributed by atoms with Crippen LogP contribution in [0.25, 0.3) is 0 Å². The average Bonchev–Trinajstić information content (AvgIpc) is 3.41. The quantitative estimate of drug-likeness (QED) is 0.677. The van der Waals surface area contributed by atoms with Crippen LogP contribution >= 0.6 is 0 Å². The second-order valence-corrected chi connectivity index (χ2v) is 8.55. The maximum atomic E-state index is 12.7. The van der Waals surface area contributed by atoms with E-state index in [1.807, 2.05) is 20.8 Å². The molecule has 2 rings (SSSR count). The van der Waals surface area contributed by atoms with Gasteiger partial charge in [-0.3, -0.25) is 15.0 Å². The molecule has 2 atom stereocenters. The first kappa shape index (κ1) is 25.1. The Balaban J connectivity index is 0.000000960. The van der Waals surface area contributed by atoms with Crippen LogP contribution in [0.1, 0.15) is 67.2 Å². The molecule has 1 N–H and O–H groups in total. The third kappa shape index (κ3) is 7.76. The van der Waals surface area contributed by atoms with Gasteiger partial charge < -0.3 is 14.3 Å². The summed E-state index contributed by atoms with van der Waals surface area (Å²) < 4.78 is 9.84. The molecule has 0 radical (unpaired) electrons. The number of aliphatic imine (C=N–C) groups is 1. The number of hydrogen-bond acceptors (Lipinski definition) is 6. The summed E-state index contributed by atoms with van der Waals surface area (Å²) in [5.74, 6) is 0.314. The summed E-state index contributed by atoms with van der Waals surface area (Å²) in [7, 11) is 1.68. The van der Waals surface area contributed by atoms with E-state index < -0.39 is 17.2 Å². The van der Waals surface area contributed by atoms with Crippen LogP contribution in [0, 0.1) is 11.8 Å². The first-order valence-corrected chi connectivity index (χ1v) is 10.4. The zero-order valence-electron chi connectivity index (χ0n) is 18.9. The fourth-order valence-corrected chi connectivity index (χ4v) is 3.04. The second kappa shape index (κ2) is 10.7. The summed E-state index contributed by atoms with van der Waals surface area (Å²) in [5, 5.41) is 2.65. The van der Waals surface area contributed by atoms with E-state index in [-0.39, 0.29) is 23.7 Å². The Labute approximate surface area is 174 Å². The third-order valence-electron chi connectivity index (χ3n) is 5.17. The summed E-state index contributed by atoms with van der Waals surface area (Å²) in [6.45, 7) is 12.5. The van der Waals surface area contributed by atoms with Gasteiger partial charge in [0.1, 0.15) is 11.9 Å². The predicted molar refractivity (Wildman–Crippen MR) is 112 cm³/mol. The second-order valence-electron chi connectivity index (χ2n) is 8.55. The molecule has 8 nitrogen and oxygen atoms in total. The third-order valence-corrected chi connectivity index (χ3v) is 5.17. The molecule has 1 heterocycles. The van der Waals surface area contributed by atoms with Gasteiger partial charge in [0.2, 0.25) is 11.9 Å². The molecular formula is C21H37N3O5. The Morgan fingerprint density at radius 2 is 1.90 bits per heavy atom. The highest BCUT2D eigenvalue weighted by Crippen LogP contribution is 2.38. The van der Waals surface area contributed by atoms with Gasteiger partial charge in [-0.25, -0.2) is 9.79 Å². The van der Waals surface area contributed by atoms with Gasteiger partial charge in [0.05, 0.1) is 12.0 Å². The lowest BCUT2D eigenvalue weighted by Gasteiger charge is -2.37. The molecule has 1 fully saturated rings. The van der Waals surface area contributed by atoms with Crippen molar-refractivity contribution in [3.05, 3.63) is 0 Å².